The molecule has 3 amide bonds. The fourth-order valence-corrected chi connectivity index (χ4v) is 4.05. The van der Waals surface area contributed by atoms with Crippen LogP contribution in [0.3, 0.4) is 0 Å². The Morgan fingerprint density at radius 1 is 1.09 bits per heavy atom. The zero-order chi connectivity index (χ0) is 23.1. The fraction of sp³-hybridized carbons (Fsp3) is 0.591. The third-order valence-electron chi connectivity index (χ3n) is 5.98. The lowest BCUT2D eigenvalue weighted by molar-refractivity contribution is -0.145. The van der Waals surface area contributed by atoms with Crippen molar-refractivity contribution < 1.29 is 23.9 Å². The van der Waals surface area contributed by atoms with Gasteiger partial charge in [-0.05, 0) is 18.7 Å². The molecule has 0 unspecified atom stereocenters. The van der Waals surface area contributed by atoms with Crippen molar-refractivity contribution in [1.82, 2.24) is 20.0 Å². The van der Waals surface area contributed by atoms with Crippen molar-refractivity contribution in [3.05, 3.63) is 18.2 Å². The maximum atomic E-state index is 13.0. The molecule has 10 nitrogen and oxygen atoms in total. The smallest absolute Gasteiger partial charge is 0.243 e. The van der Waals surface area contributed by atoms with E-state index in [2.05, 4.69) is 27.4 Å². The van der Waals surface area contributed by atoms with Crippen molar-refractivity contribution in [1.29, 1.82) is 0 Å². The molecular formula is C22H33N5O5. The molecular weight excluding hydrogens is 414 g/mol. The van der Waals surface area contributed by atoms with E-state index in [9.17, 15) is 14.4 Å². The van der Waals surface area contributed by atoms with E-state index in [1.165, 1.54) is 19.1 Å². The standard InChI is InChI=1S/C22H33N5O5/c1-4-25-9-11-26(12-10-25)15-21(29)27-8-7-23-22(30)18(27)14-20(28)24-17-13-16(31-2)5-6-19(17)32-3/h5-6,13,18H,4,7-12,14-15H2,1-3H3,(H,23,30)(H,24,28)/t18-/m0/s1. The van der Waals surface area contributed by atoms with Gasteiger partial charge in [0, 0.05) is 45.3 Å². The average Bonchev–Trinajstić information content (AvgIpc) is 2.80. The maximum absolute atomic E-state index is 13.0. The number of methoxy groups -OCH3 is 2. The van der Waals surface area contributed by atoms with Gasteiger partial charge in [-0.25, -0.2) is 0 Å². The summed E-state index contributed by atoms with van der Waals surface area (Å²) in [4.78, 5) is 44.3. The predicted octanol–water partition coefficient (Wildman–Crippen LogP) is -0.00310. The van der Waals surface area contributed by atoms with E-state index in [4.69, 9.17) is 9.47 Å². The maximum Gasteiger partial charge on any atom is 0.243 e. The fourth-order valence-electron chi connectivity index (χ4n) is 4.05. The first-order valence-electron chi connectivity index (χ1n) is 11.0. The Kier molecular flexibility index (Phi) is 8.29. The van der Waals surface area contributed by atoms with Crippen molar-refractivity contribution in [2.24, 2.45) is 0 Å². The number of carbonyl (C=O) groups excluding carboxylic acids is 3. The Morgan fingerprint density at radius 3 is 2.47 bits per heavy atom. The van der Waals surface area contributed by atoms with E-state index in [1.807, 2.05) is 0 Å². The van der Waals surface area contributed by atoms with Crippen LogP contribution >= 0.6 is 0 Å². The number of hydrogen-bond acceptors (Lipinski definition) is 7. The van der Waals surface area contributed by atoms with Crippen molar-refractivity contribution in [2.45, 2.75) is 19.4 Å². The van der Waals surface area contributed by atoms with Gasteiger partial charge in [0.2, 0.25) is 17.7 Å². The van der Waals surface area contributed by atoms with Gasteiger partial charge in [0.05, 0.1) is 32.9 Å². The summed E-state index contributed by atoms with van der Waals surface area (Å²) in [5.41, 5.74) is 0.444. The van der Waals surface area contributed by atoms with Crippen LogP contribution in [0.15, 0.2) is 18.2 Å². The number of rotatable bonds is 8. The lowest BCUT2D eigenvalue weighted by Crippen LogP contribution is -2.60. The molecule has 2 N–H and O–H groups in total. The molecule has 10 heteroatoms. The van der Waals surface area contributed by atoms with Crippen LogP contribution in [0.5, 0.6) is 11.5 Å². The molecule has 2 heterocycles. The number of anilines is 1. The average molecular weight is 448 g/mol. The second kappa shape index (κ2) is 11.1. The van der Waals surface area contributed by atoms with E-state index in [1.54, 1.807) is 18.2 Å². The molecule has 176 valence electrons. The van der Waals surface area contributed by atoms with Crippen LogP contribution in [0, 0.1) is 0 Å². The molecule has 0 aliphatic carbocycles. The third-order valence-corrected chi connectivity index (χ3v) is 5.98. The van der Waals surface area contributed by atoms with Gasteiger partial charge in [-0.2, -0.15) is 0 Å². The topological polar surface area (TPSA) is 103 Å². The molecule has 2 aliphatic rings. The number of likely N-dealkylation sites (N-methyl/N-ethyl adjacent to an activating group) is 1. The van der Waals surface area contributed by atoms with Gasteiger partial charge in [0.25, 0.3) is 0 Å². The number of benzene rings is 1. The lowest BCUT2D eigenvalue weighted by Gasteiger charge is -2.38. The van der Waals surface area contributed by atoms with Gasteiger partial charge in [0.1, 0.15) is 17.5 Å². The Labute approximate surface area is 188 Å². The second-order valence-corrected chi connectivity index (χ2v) is 7.92. The summed E-state index contributed by atoms with van der Waals surface area (Å²) in [6.07, 6.45) is -0.137. The van der Waals surface area contributed by atoms with Crippen molar-refractivity contribution >= 4 is 23.4 Å². The molecule has 0 bridgehead atoms. The van der Waals surface area contributed by atoms with E-state index >= 15 is 0 Å². The first-order valence-corrected chi connectivity index (χ1v) is 11.0. The van der Waals surface area contributed by atoms with Crippen molar-refractivity contribution in [2.75, 3.05) is 71.9 Å². The predicted molar refractivity (Wildman–Crippen MR) is 120 cm³/mol. The van der Waals surface area contributed by atoms with E-state index in [0.717, 1.165) is 32.7 Å². The molecule has 1 aromatic carbocycles. The Balaban J connectivity index is 1.63. The highest BCUT2D eigenvalue weighted by molar-refractivity contribution is 5.98. The van der Waals surface area contributed by atoms with Gasteiger partial charge in [-0.1, -0.05) is 6.92 Å². The number of nitrogens with zero attached hydrogens (tertiary/aromatic N) is 3. The highest BCUT2D eigenvalue weighted by atomic mass is 16.5. The summed E-state index contributed by atoms with van der Waals surface area (Å²) in [6.45, 7) is 7.66. The van der Waals surface area contributed by atoms with Crippen LogP contribution in [-0.4, -0.2) is 105 Å². The van der Waals surface area contributed by atoms with Crippen LogP contribution in [0.4, 0.5) is 5.69 Å². The monoisotopic (exact) mass is 447 g/mol. The quantitative estimate of drug-likeness (QED) is 0.578. The molecule has 1 atom stereocenters. The van der Waals surface area contributed by atoms with Gasteiger partial charge in [-0.3, -0.25) is 19.3 Å². The zero-order valence-corrected chi connectivity index (χ0v) is 19.1. The Bertz CT molecular complexity index is 825. The first-order chi connectivity index (χ1) is 15.4. The van der Waals surface area contributed by atoms with Crippen LogP contribution in [0.25, 0.3) is 0 Å². The first kappa shape index (κ1) is 23.8. The minimum Gasteiger partial charge on any atom is -0.497 e. The van der Waals surface area contributed by atoms with Crippen molar-refractivity contribution in [3.63, 3.8) is 0 Å². The molecule has 2 aliphatic heterocycles. The van der Waals surface area contributed by atoms with E-state index in [-0.39, 0.29) is 30.7 Å². The van der Waals surface area contributed by atoms with Gasteiger partial charge < -0.3 is 29.9 Å². The summed E-state index contributed by atoms with van der Waals surface area (Å²) in [5.74, 6) is 0.227. The molecule has 0 radical (unpaired) electrons. The second-order valence-electron chi connectivity index (χ2n) is 7.92. The number of carbonyl (C=O) groups is 3. The molecule has 2 saturated heterocycles. The number of piperazine rings is 2. The van der Waals surface area contributed by atoms with Crippen LogP contribution in [0.2, 0.25) is 0 Å². The van der Waals surface area contributed by atoms with Gasteiger partial charge in [-0.15, -0.1) is 0 Å². The normalized spacial score (nSPS) is 19.9. The number of nitrogens with one attached hydrogen (secondary N) is 2. The molecule has 1 aromatic rings. The zero-order valence-electron chi connectivity index (χ0n) is 19.1. The number of ether oxygens (including phenoxy) is 2. The number of hydrogen-bond donors (Lipinski definition) is 2. The highest BCUT2D eigenvalue weighted by Gasteiger charge is 2.35. The van der Waals surface area contributed by atoms with Crippen LogP contribution < -0.4 is 20.1 Å². The largest absolute Gasteiger partial charge is 0.497 e. The van der Waals surface area contributed by atoms with Gasteiger partial charge >= 0.3 is 0 Å². The summed E-state index contributed by atoms with van der Waals surface area (Å²) >= 11 is 0. The summed E-state index contributed by atoms with van der Waals surface area (Å²) < 4.78 is 10.5. The SMILES string of the molecule is CCN1CCN(CC(=O)N2CCNC(=O)[C@@H]2CC(=O)Nc2cc(OC)ccc2OC)CC1. The molecule has 0 aromatic heterocycles. The van der Waals surface area contributed by atoms with Gasteiger partial charge in [0.15, 0.2) is 0 Å². The lowest BCUT2D eigenvalue weighted by atomic mass is 10.1. The van der Waals surface area contributed by atoms with E-state index < -0.39 is 6.04 Å². The minimum atomic E-state index is -0.843. The van der Waals surface area contributed by atoms with Crippen LogP contribution in [0.1, 0.15) is 13.3 Å². The molecule has 2 fully saturated rings. The summed E-state index contributed by atoms with van der Waals surface area (Å²) in [5, 5.41) is 5.54. The highest BCUT2D eigenvalue weighted by Crippen LogP contribution is 2.29. The van der Waals surface area contributed by atoms with Crippen molar-refractivity contribution in [3.8, 4) is 11.5 Å². The van der Waals surface area contributed by atoms with E-state index in [0.29, 0.717) is 30.3 Å². The molecule has 3 rings (SSSR count). The Morgan fingerprint density at radius 2 is 1.81 bits per heavy atom. The Hall–Kier alpha value is -2.85. The van der Waals surface area contributed by atoms with Crippen LogP contribution in [-0.2, 0) is 14.4 Å². The molecule has 0 spiro atoms. The minimum absolute atomic E-state index is 0.124. The summed E-state index contributed by atoms with van der Waals surface area (Å²) in [7, 11) is 3.04. The number of amides is 3. The molecule has 0 saturated carbocycles. The third kappa shape index (κ3) is 5.89. The summed E-state index contributed by atoms with van der Waals surface area (Å²) in [6, 6.07) is 4.22. The molecule has 32 heavy (non-hydrogen) atoms.